The number of aryl methyl sites for hydroxylation is 1. The van der Waals surface area contributed by atoms with E-state index in [0.717, 1.165) is 17.7 Å². The number of rotatable bonds is 3. The average Bonchev–Trinajstić information content (AvgIpc) is 2.50. The third-order valence-corrected chi connectivity index (χ3v) is 1.85. The van der Waals surface area contributed by atoms with Crippen LogP contribution in [0.15, 0.2) is 19.0 Å². The van der Waals surface area contributed by atoms with E-state index in [9.17, 15) is 0 Å². The second kappa shape index (κ2) is 3.58. The quantitative estimate of drug-likeness (QED) is 0.636. The first-order chi connectivity index (χ1) is 5.27. The summed E-state index contributed by atoms with van der Waals surface area (Å²) in [6.45, 7) is 6.73. The lowest BCUT2D eigenvalue weighted by Gasteiger charge is -1.93. The van der Waals surface area contributed by atoms with Crippen LogP contribution in [-0.4, -0.2) is 15.7 Å². The van der Waals surface area contributed by atoms with Gasteiger partial charge in [0.2, 0.25) is 0 Å². The lowest BCUT2D eigenvalue weighted by Crippen LogP contribution is -1.92. The van der Waals surface area contributed by atoms with Crippen LogP contribution < -0.4 is 0 Å². The van der Waals surface area contributed by atoms with Gasteiger partial charge in [-0.25, -0.2) is 0 Å². The van der Waals surface area contributed by atoms with E-state index in [-0.39, 0.29) is 0 Å². The van der Waals surface area contributed by atoms with Gasteiger partial charge in [0.15, 0.2) is 0 Å². The van der Waals surface area contributed by atoms with E-state index in [2.05, 4.69) is 11.7 Å². The van der Waals surface area contributed by atoms with Crippen molar-refractivity contribution in [3.8, 4) is 0 Å². The maximum Gasteiger partial charge on any atom is 0.0565 e. The molecule has 0 saturated heterocycles. The number of halogens is 1. The molecule has 0 unspecified atom stereocenters. The highest BCUT2D eigenvalue weighted by Gasteiger charge is 1.99. The molecule has 0 aliphatic rings. The summed E-state index contributed by atoms with van der Waals surface area (Å²) in [5.41, 5.74) is 1.95. The molecule has 0 aliphatic carbocycles. The zero-order valence-corrected chi connectivity index (χ0v) is 7.30. The van der Waals surface area contributed by atoms with Crippen LogP contribution in [0.3, 0.4) is 0 Å². The molecule has 1 aromatic heterocycles. The molecule has 60 valence electrons. The predicted octanol–water partition coefficient (Wildman–Crippen LogP) is 2.16. The van der Waals surface area contributed by atoms with Crippen molar-refractivity contribution in [2.75, 3.05) is 5.88 Å². The minimum atomic E-state index is 0.468. The molecule has 1 heterocycles. The van der Waals surface area contributed by atoms with E-state index in [4.69, 9.17) is 11.6 Å². The first-order valence-electron chi connectivity index (χ1n) is 3.54. The molecule has 0 bridgehead atoms. The third kappa shape index (κ3) is 1.84. The highest BCUT2D eigenvalue weighted by atomic mass is 35.5. The van der Waals surface area contributed by atoms with Crippen LogP contribution in [0.5, 0.6) is 0 Å². The van der Waals surface area contributed by atoms with Gasteiger partial charge in [-0.3, -0.25) is 4.68 Å². The van der Waals surface area contributed by atoms with Gasteiger partial charge in [-0.2, -0.15) is 5.10 Å². The van der Waals surface area contributed by atoms with Crippen molar-refractivity contribution >= 4 is 17.2 Å². The number of hydrogen-bond donors (Lipinski definition) is 0. The molecule has 0 aromatic carbocycles. The fourth-order valence-corrected chi connectivity index (χ4v) is 0.951. The van der Waals surface area contributed by atoms with Crippen molar-refractivity contribution in [1.29, 1.82) is 0 Å². The first-order valence-corrected chi connectivity index (χ1v) is 4.08. The minimum absolute atomic E-state index is 0.468. The Morgan fingerprint density at radius 3 is 3.00 bits per heavy atom. The fraction of sp³-hybridized carbons (Fsp3) is 0.375. The van der Waals surface area contributed by atoms with Crippen LogP contribution >= 0.6 is 11.6 Å². The van der Waals surface area contributed by atoms with Crippen molar-refractivity contribution in [2.45, 2.75) is 13.5 Å². The first kappa shape index (κ1) is 8.34. The molecule has 1 aromatic rings. The van der Waals surface area contributed by atoms with Gasteiger partial charge in [-0.05, 0) is 12.5 Å². The number of aromatic nitrogens is 2. The van der Waals surface area contributed by atoms with E-state index < -0.39 is 0 Å². The molecule has 2 nitrogen and oxygen atoms in total. The number of allylic oxidation sites excluding steroid dienone is 1. The molecule has 0 saturated carbocycles. The molecule has 0 radical (unpaired) electrons. The summed E-state index contributed by atoms with van der Waals surface area (Å²) in [5.74, 6) is 0.468. The normalized spacial score (nSPS) is 10.0. The summed E-state index contributed by atoms with van der Waals surface area (Å²) in [5, 5.41) is 4.10. The lowest BCUT2D eigenvalue weighted by molar-refractivity contribution is 0.659. The Morgan fingerprint density at radius 2 is 2.55 bits per heavy atom. The molecule has 0 aliphatic heterocycles. The topological polar surface area (TPSA) is 17.8 Å². The van der Waals surface area contributed by atoms with Crippen LogP contribution in [-0.2, 0) is 6.54 Å². The van der Waals surface area contributed by atoms with Gasteiger partial charge in [-0.1, -0.05) is 6.58 Å². The van der Waals surface area contributed by atoms with Crippen molar-refractivity contribution in [2.24, 2.45) is 0 Å². The molecule has 11 heavy (non-hydrogen) atoms. The fourth-order valence-electron chi connectivity index (χ4n) is 0.796. The van der Waals surface area contributed by atoms with Crippen molar-refractivity contribution in [3.05, 3.63) is 24.5 Å². The zero-order valence-electron chi connectivity index (χ0n) is 6.55. The predicted molar refractivity (Wildman–Crippen MR) is 47.7 cm³/mol. The largest absolute Gasteiger partial charge is 0.272 e. The Balaban J connectivity index is 2.80. The lowest BCUT2D eigenvalue weighted by atomic mass is 10.2. The molecule has 0 spiro atoms. The monoisotopic (exact) mass is 170 g/mol. The number of hydrogen-bond acceptors (Lipinski definition) is 1. The number of nitrogens with zero attached hydrogens (tertiary/aromatic N) is 2. The van der Waals surface area contributed by atoms with Crippen LogP contribution in [0.4, 0.5) is 0 Å². The molecule has 0 atom stereocenters. The molecular weight excluding hydrogens is 160 g/mol. The second-order valence-corrected chi connectivity index (χ2v) is 2.59. The third-order valence-electron chi connectivity index (χ3n) is 1.53. The Bertz CT molecular complexity index is 252. The van der Waals surface area contributed by atoms with Gasteiger partial charge in [-0.15, -0.1) is 11.6 Å². The van der Waals surface area contributed by atoms with Gasteiger partial charge in [0.05, 0.1) is 6.20 Å². The molecule has 0 fully saturated rings. The van der Waals surface area contributed by atoms with Crippen LogP contribution in [0.25, 0.3) is 5.57 Å². The standard InChI is InChI=1S/C8H11ClN2/c1-3-11-6-8(5-10-11)7(2)4-9/h5-6H,2-4H2,1H3. The van der Waals surface area contributed by atoms with Crippen LogP contribution in [0, 0.1) is 0 Å². The van der Waals surface area contributed by atoms with E-state index in [1.807, 2.05) is 17.8 Å². The van der Waals surface area contributed by atoms with Crippen molar-refractivity contribution < 1.29 is 0 Å². The minimum Gasteiger partial charge on any atom is -0.272 e. The Kier molecular flexibility index (Phi) is 2.71. The van der Waals surface area contributed by atoms with Gasteiger partial charge < -0.3 is 0 Å². The van der Waals surface area contributed by atoms with Gasteiger partial charge in [0.25, 0.3) is 0 Å². The molecule has 0 amide bonds. The van der Waals surface area contributed by atoms with Crippen LogP contribution in [0.1, 0.15) is 12.5 Å². The number of alkyl halides is 1. The summed E-state index contributed by atoms with van der Waals surface area (Å²) in [6.07, 6.45) is 3.74. The van der Waals surface area contributed by atoms with Crippen molar-refractivity contribution in [3.63, 3.8) is 0 Å². The maximum atomic E-state index is 5.60. The SMILES string of the molecule is C=C(CCl)c1cnn(CC)c1. The summed E-state index contributed by atoms with van der Waals surface area (Å²) >= 11 is 5.60. The molecule has 3 heteroatoms. The van der Waals surface area contributed by atoms with Gasteiger partial charge >= 0.3 is 0 Å². The van der Waals surface area contributed by atoms with E-state index in [0.29, 0.717) is 5.88 Å². The van der Waals surface area contributed by atoms with Gasteiger partial charge in [0, 0.05) is 24.2 Å². The second-order valence-electron chi connectivity index (χ2n) is 2.32. The maximum absolute atomic E-state index is 5.60. The zero-order chi connectivity index (χ0) is 8.27. The van der Waals surface area contributed by atoms with Crippen LogP contribution in [0.2, 0.25) is 0 Å². The van der Waals surface area contributed by atoms with E-state index in [1.54, 1.807) is 6.20 Å². The highest BCUT2D eigenvalue weighted by molar-refractivity contribution is 6.23. The smallest absolute Gasteiger partial charge is 0.0565 e. The van der Waals surface area contributed by atoms with E-state index in [1.165, 1.54) is 0 Å². The van der Waals surface area contributed by atoms with Gasteiger partial charge in [0.1, 0.15) is 0 Å². The Morgan fingerprint density at radius 1 is 1.82 bits per heavy atom. The Labute approximate surface area is 71.5 Å². The molecular formula is C8H11ClN2. The summed E-state index contributed by atoms with van der Waals surface area (Å²) in [4.78, 5) is 0. The molecule has 0 N–H and O–H groups in total. The summed E-state index contributed by atoms with van der Waals surface area (Å²) < 4.78 is 1.85. The summed E-state index contributed by atoms with van der Waals surface area (Å²) in [7, 11) is 0. The average molecular weight is 171 g/mol. The van der Waals surface area contributed by atoms with Crippen molar-refractivity contribution in [1.82, 2.24) is 9.78 Å². The Hall–Kier alpha value is -0.760. The van der Waals surface area contributed by atoms with E-state index >= 15 is 0 Å². The molecule has 1 rings (SSSR count). The highest BCUT2D eigenvalue weighted by Crippen LogP contribution is 2.11. The summed E-state index contributed by atoms with van der Waals surface area (Å²) in [6, 6.07) is 0.